The number of amides is 1. The van der Waals surface area contributed by atoms with E-state index in [2.05, 4.69) is 15.3 Å². The van der Waals surface area contributed by atoms with E-state index in [1.165, 1.54) is 5.56 Å². The van der Waals surface area contributed by atoms with Crippen LogP contribution in [0.5, 0.6) is 0 Å². The minimum absolute atomic E-state index is 0.166. The molecule has 6 heteroatoms. The summed E-state index contributed by atoms with van der Waals surface area (Å²) in [4.78, 5) is 32.6. The third-order valence-corrected chi connectivity index (χ3v) is 4.91. The van der Waals surface area contributed by atoms with Gasteiger partial charge in [0, 0.05) is 30.5 Å². The molecule has 0 aliphatic rings. The fraction of sp³-hybridized carbons (Fsp3) is 0.174. The largest absolute Gasteiger partial charge is 0.352 e. The summed E-state index contributed by atoms with van der Waals surface area (Å²) in [7, 11) is 0. The summed E-state index contributed by atoms with van der Waals surface area (Å²) in [5, 5.41) is 3.97. The quantitative estimate of drug-likeness (QED) is 0.479. The number of hydrogen-bond acceptors (Lipinski definition) is 3. The first-order chi connectivity index (χ1) is 14.2. The van der Waals surface area contributed by atoms with Gasteiger partial charge in [-0.15, -0.1) is 0 Å². The molecular weight excluding hydrogens is 364 g/mol. The molecule has 4 rings (SSSR count). The molecule has 0 spiro atoms. The lowest BCUT2D eigenvalue weighted by molar-refractivity contribution is 0.0951. The number of benzene rings is 1. The van der Waals surface area contributed by atoms with E-state index in [0.29, 0.717) is 13.1 Å². The molecule has 29 heavy (non-hydrogen) atoms. The van der Waals surface area contributed by atoms with Crippen LogP contribution in [-0.4, -0.2) is 27.0 Å². The Kier molecular flexibility index (Phi) is 5.52. The van der Waals surface area contributed by atoms with Crippen molar-refractivity contribution in [1.29, 1.82) is 0 Å². The van der Waals surface area contributed by atoms with Crippen molar-refractivity contribution < 1.29 is 4.79 Å². The van der Waals surface area contributed by atoms with E-state index in [1.54, 1.807) is 29.1 Å². The van der Waals surface area contributed by atoms with E-state index in [4.69, 9.17) is 0 Å². The Bertz CT molecular complexity index is 1180. The molecule has 0 unspecified atom stereocenters. The second-order valence-electron chi connectivity index (χ2n) is 6.91. The highest BCUT2D eigenvalue weighted by atomic mass is 16.2. The third kappa shape index (κ3) is 4.27. The number of carbonyl (C=O) groups is 1. The molecule has 0 aliphatic carbocycles. The van der Waals surface area contributed by atoms with E-state index in [9.17, 15) is 9.59 Å². The number of H-pyrrole nitrogens is 1. The second kappa shape index (κ2) is 8.56. The second-order valence-corrected chi connectivity index (χ2v) is 6.91. The fourth-order valence-electron chi connectivity index (χ4n) is 3.41. The predicted octanol–water partition coefficient (Wildman–Crippen LogP) is 3.14. The monoisotopic (exact) mass is 386 g/mol. The summed E-state index contributed by atoms with van der Waals surface area (Å²) in [6.45, 7) is 0.939. The van der Waals surface area contributed by atoms with Crippen LogP contribution in [-0.2, 0) is 13.0 Å². The Morgan fingerprint density at radius 2 is 1.93 bits per heavy atom. The molecule has 1 aromatic carbocycles. The van der Waals surface area contributed by atoms with Crippen molar-refractivity contribution in [3.63, 3.8) is 0 Å². The topological polar surface area (TPSA) is 79.8 Å². The highest BCUT2D eigenvalue weighted by molar-refractivity contribution is 5.93. The van der Waals surface area contributed by atoms with Gasteiger partial charge in [-0.2, -0.15) is 0 Å². The SMILES string of the molecule is O=C(NCCCc1c[nH]c2ncccc12)c1cccn(Cc2ccccc2)c1=O. The maximum Gasteiger partial charge on any atom is 0.263 e. The van der Waals surface area contributed by atoms with Crippen LogP contribution in [0.4, 0.5) is 0 Å². The maximum atomic E-state index is 12.7. The zero-order valence-corrected chi connectivity index (χ0v) is 16.0. The van der Waals surface area contributed by atoms with E-state index >= 15 is 0 Å². The van der Waals surface area contributed by atoms with Gasteiger partial charge in [-0.25, -0.2) is 4.98 Å². The van der Waals surface area contributed by atoms with Crippen molar-refractivity contribution in [3.8, 4) is 0 Å². The number of fused-ring (bicyclic) bond motifs is 1. The van der Waals surface area contributed by atoms with Crippen molar-refractivity contribution in [2.24, 2.45) is 0 Å². The van der Waals surface area contributed by atoms with Crippen LogP contribution in [0.2, 0.25) is 0 Å². The van der Waals surface area contributed by atoms with Crippen LogP contribution in [0.1, 0.15) is 27.9 Å². The van der Waals surface area contributed by atoms with E-state index in [0.717, 1.165) is 29.4 Å². The van der Waals surface area contributed by atoms with Crippen LogP contribution in [0.3, 0.4) is 0 Å². The van der Waals surface area contributed by atoms with Gasteiger partial charge < -0.3 is 14.9 Å². The minimum Gasteiger partial charge on any atom is -0.352 e. The Morgan fingerprint density at radius 3 is 2.79 bits per heavy atom. The summed E-state index contributed by atoms with van der Waals surface area (Å²) < 4.78 is 1.56. The number of pyridine rings is 2. The lowest BCUT2D eigenvalue weighted by Gasteiger charge is -2.09. The lowest BCUT2D eigenvalue weighted by atomic mass is 10.1. The molecule has 4 aromatic rings. The molecule has 146 valence electrons. The maximum absolute atomic E-state index is 12.7. The van der Waals surface area contributed by atoms with E-state index in [1.807, 2.05) is 48.7 Å². The highest BCUT2D eigenvalue weighted by Gasteiger charge is 2.12. The molecule has 0 fully saturated rings. The molecule has 6 nitrogen and oxygen atoms in total. The number of nitrogens with one attached hydrogen (secondary N) is 2. The predicted molar refractivity (Wildman–Crippen MR) is 113 cm³/mol. The average Bonchev–Trinajstić information content (AvgIpc) is 3.16. The van der Waals surface area contributed by atoms with Gasteiger partial charge in [0.1, 0.15) is 11.2 Å². The number of aromatic nitrogens is 3. The summed E-state index contributed by atoms with van der Waals surface area (Å²) in [5.74, 6) is -0.335. The van der Waals surface area contributed by atoms with Gasteiger partial charge in [-0.1, -0.05) is 30.3 Å². The Morgan fingerprint density at radius 1 is 1.07 bits per heavy atom. The van der Waals surface area contributed by atoms with Crippen molar-refractivity contribution in [2.45, 2.75) is 19.4 Å². The third-order valence-electron chi connectivity index (χ3n) is 4.91. The van der Waals surface area contributed by atoms with Gasteiger partial charge >= 0.3 is 0 Å². The lowest BCUT2D eigenvalue weighted by Crippen LogP contribution is -2.33. The summed E-state index contributed by atoms with van der Waals surface area (Å²) in [5.41, 5.74) is 2.94. The van der Waals surface area contributed by atoms with E-state index in [-0.39, 0.29) is 17.0 Å². The van der Waals surface area contributed by atoms with Gasteiger partial charge in [0.2, 0.25) is 0 Å². The molecule has 1 amide bonds. The number of hydrogen-bond donors (Lipinski definition) is 2. The average molecular weight is 386 g/mol. The molecule has 0 saturated heterocycles. The fourth-order valence-corrected chi connectivity index (χ4v) is 3.41. The molecule has 0 atom stereocenters. The van der Waals surface area contributed by atoms with Crippen molar-refractivity contribution in [2.75, 3.05) is 6.54 Å². The van der Waals surface area contributed by atoms with Gasteiger partial charge in [-0.05, 0) is 48.2 Å². The molecule has 3 aromatic heterocycles. The molecule has 0 saturated carbocycles. The first kappa shape index (κ1) is 18.7. The normalized spacial score (nSPS) is 10.9. The molecular formula is C23H22N4O2. The summed E-state index contributed by atoms with van der Waals surface area (Å²) in [6, 6.07) is 17.0. The van der Waals surface area contributed by atoms with Crippen LogP contribution in [0, 0.1) is 0 Å². The van der Waals surface area contributed by atoms with Crippen LogP contribution >= 0.6 is 0 Å². The minimum atomic E-state index is -0.335. The van der Waals surface area contributed by atoms with Gasteiger partial charge in [-0.3, -0.25) is 9.59 Å². The molecule has 0 aliphatic heterocycles. The number of aryl methyl sites for hydroxylation is 1. The number of carbonyl (C=O) groups excluding carboxylic acids is 1. The Hall–Kier alpha value is -3.67. The van der Waals surface area contributed by atoms with Gasteiger partial charge in [0.25, 0.3) is 11.5 Å². The van der Waals surface area contributed by atoms with Crippen molar-refractivity contribution in [3.05, 3.63) is 100 Å². The first-order valence-corrected chi connectivity index (χ1v) is 9.65. The first-order valence-electron chi connectivity index (χ1n) is 9.65. The zero-order chi connectivity index (χ0) is 20.1. The van der Waals surface area contributed by atoms with E-state index < -0.39 is 0 Å². The summed E-state index contributed by atoms with van der Waals surface area (Å²) in [6.07, 6.45) is 7.01. The Labute approximate surface area is 168 Å². The van der Waals surface area contributed by atoms with Crippen LogP contribution in [0.15, 0.2) is 78.0 Å². The number of rotatable bonds is 7. The molecule has 0 radical (unpaired) electrons. The van der Waals surface area contributed by atoms with Crippen molar-refractivity contribution in [1.82, 2.24) is 19.9 Å². The molecule has 3 heterocycles. The smallest absolute Gasteiger partial charge is 0.263 e. The van der Waals surface area contributed by atoms with Gasteiger partial charge in [0.05, 0.1) is 6.54 Å². The number of nitrogens with zero attached hydrogens (tertiary/aromatic N) is 2. The molecule has 0 bridgehead atoms. The zero-order valence-electron chi connectivity index (χ0n) is 16.0. The van der Waals surface area contributed by atoms with Crippen LogP contribution in [0.25, 0.3) is 11.0 Å². The highest BCUT2D eigenvalue weighted by Crippen LogP contribution is 2.16. The van der Waals surface area contributed by atoms with Crippen molar-refractivity contribution >= 4 is 16.9 Å². The standard InChI is InChI=1S/C23H22N4O2/c28-22(25-13-4-9-18-15-26-21-19(18)10-5-12-24-21)20-11-6-14-27(23(20)29)16-17-7-2-1-3-8-17/h1-3,5-8,10-12,14-15H,4,9,13,16H2,(H,24,26)(H,25,28). The van der Waals surface area contributed by atoms with Crippen LogP contribution < -0.4 is 10.9 Å². The summed E-state index contributed by atoms with van der Waals surface area (Å²) >= 11 is 0. The molecule has 2 N–H and O–H groups in total. The van der Waals surface area contributed by atoms with Gasteiger partial charge in [0.15, 0.2) is 0 Å². The number of aromatic amines is 1. The Balaban J connectivity index is 1.36.